The van der Waals surface area contributed by atoms with E-state index in [1.54, 1.807) is 7.11 Å². The predicted molar refractivity (Wildman–Crippen MR) is 54.8 cm³/mol. The van der Waals surface area contributed by atoms with Gasteiger partial charge in [-0.25, -0.2) is 0 Å². The SMILES string of the molecule is CCC(C)CC(O)CNCCOC. The van der Waals surface area contributed by atoms with Crippen molar-refractivity contribution >= 4 is 0 Å². The summed E-state index contributed by atoms with van der Waals surface area (Å²) in [5.74, 6) is 0.610. The Balaban J connectivity index is 3.24. The number of aliphatic hydroxyl groups excluding tert-OH is 1. The lowest BCUT2D eigenvalue weighted by Gasteiger charge is -2.15. The lowest BCUT2D eigenvalue weighted by Crippen LogP contribution is -2.30. The maximum absolute atomic E-state index is 9.55. The Morgan fingerprint density at radius 3 is 2.69 bits per heavy atom. The molecule has 0 aromatic heterocycles. The minimum atomic E-state index is -0.216. The minimum absolute atomic E-state index is 0.216. The van der Waals surface area contributed by atoms with Gasteiger partial charge in [0.25, 0.3) is 0 Å². The number of nitrogens with one attached hydrogen (secondary N) is 1. The van der Waals surface area contributed by atoms with Gasteiger partial charge >= 0.3 is 0 Å². The van der Waals surface area contributed by atoms with E-state index < -0.39 is 0 Å². The van der Waals surface area contributed by atoms with Crippen LogP contribution < -0.4 is 5.32 Å². The molecule has 0 aliphatic carbocycles. The Labute approximate surface area is 81.5 Å². The minimum Gasteiger partial charge on any atom is -0.392 e. The van der Waals surface area contributed by atoms with Crippen LogP contribution in [0.1, 0.15) is 26.7 Å². The van der Waals surface area contributed by atoms with Crippen molar-refractivity contribution in [3.8, 4) is 0 Å². The lowest BCUT2D eigenvalue weighted by molar-refractivity contribution is 0.136. The van der Waals surface area contributed by atoms with Crippen molar-refractivity contribution < 1.29 is 9.84 Å². The van der Waals surface area contributed by atoms with Crippen LogP contribution >= 0.6 is 0 Å². The lowest BCUT2D eigenvalue weighted by atomic mass is 10.0. The number of aliphatic hydroxyl groups is 1. The number of hydrogen-bond donors (Lipinski definition) is 2. The Morgan fingerprint density at radius 1 is 1.46 bits per heavy atom. The zero-order chi connectivity index (χ0) is 10.1. The first kappa shape index (κ1) is 12.9. The monoisotopic (exact) mass is 189 g/mol. The van der Waals surface area contributed by atoms with Crippen LogP contribution in [0.25, 0.3) is 0 Å². The summed E-state index contributed by atoms with van der Waals surface area (Å²) < 4.78 is 4.88. The molecule has 2 unspecified atom stereocenters. The van der Waals surface area contributed by atoms with Gasteiger partial charge in [-0.3, -0.25) is 0 Å². The van der Waals surface area contributed by atoms with Gasteiger partial charge in [-0.2, -0.15) is 0 Å². The molecular weight excluding hydrogens is 166 g/mol. The summed E-state index contributed by atoms with van der Waals surface area (Å²) in [4.78, 5) is 0. The zero-order valence-corrected chi connectivity index (χ0v) is 9.05. The van der Waals surface area contributed by atoms with Crippen LogP contribution in [0.4, 0.5) is 0 Å². The number of hydrogen-bond acceptors (Lipinski definition) is 3. The van der Waals surface area contributed by atoms with Crippen LogP contribution in [0.2, 0.25) is 0 Å². The topological polar surface area (TPSA) is 41.5 Å². The highest BCUT2D eigenvalue weighted by molar-refractivity contribution is 4.63. The number of rotatable bonds is 8. The molecule has 0 bridgehead atoms. The van der Waals surface area contributed by atoms with E-state index in [1.807, 2.05) is 0 Å². The van der Waals surface area contributed by atoms with Gasteiger partial charge in [-0.05, 0) is 12.3 Å². The second kappa shape index (κ2) is 8.48. The van der Waals surface area contributed by atoms with E-state index in [1.165, 1.54) is 0 Å². The van der Waals surface area contributed by atoms with Crippen LogP contribution in [-0.2, 0) is 4.74 Å². The summed E-state index contributed by atoms with van der Waals surface area (Å²) in [6.45, 7) is 6.51. The first-order valence-electron chi connectivity index (χ1n) is 5.08. The van der Waals surface area contributed by atoms with E-state index in [9.17, 15) is 5.11 Å². The van der Waals surface area contributed by atoms with Gasteiger partial charge in [-0.15, -0.1) is 0 Å². The van der Waals surface area contributed by atoms with Crippen molar-refractivity contribution in [2.45, 2.75) is 32.8 Å². The molecule has 0 aromatic carbocycles. The van der Waals surface area contributed by atoms with Crippen molar-refractivity contribution in [3.05, 3.63) is 0 Å². The van der Waals surface area contributed by atoms with Gasteiger partial charge in [0, 0.05) is 20.2 Å². The molecule has 0 radical (unpaired) electrons. The quantitative estimate of drug-likeness (QED) is 0.560. The van der Waals surface area contributed by atoms with Gasteiger partial charge in [-0.1, -0.05) is 20.3 Å². The van der Waals surface area contributed by atoms with E-state index in [0.29, 0.717) is 19.1 Å². The second-order valence-corrected chi connectivity index (χ2v) is 3.60. The third-order valence-corrected chi connectivity index (χ3v) is 2.23. The van der Waals surface area contributed by atoms with Crippen molar-refractivity contribution in [2.75, 3.05) is 26.8 Å². The average molecular weight is 189 g/mol. The summed E-state index contributed by atoms with van der Waals surface area (Å²) >= 11 is 0. The highest BCUT2D eigenvalue weighted by atomic mass is 16.5. The molecule has 0 rings (SSSR count). The van der Waals surface area contributed by atoms with Crippen LogP contribution in [-0.4, -0.2) is 38.0 Å². The standard InChI is InChI=1S/C10H23NO2/c1-4-9(2)7-10(12)8-11-5-6-13-3/h9-12H,4-8H2,1-3H3. The third-order valence-electron chi connectivity index (χ3n) is 2.23. The highest BCUT2D eigenvalue weighted by Gasteiger charge is 2.07. The molecule has 3 heteroatoms. The number of ether oxygens (including phenoxy) is 1. The van der Waals surface area contributed by atoms with E-state index in [0.717, 1.165) is 19.4 Å². The van der Waals surface area contributed by atoms with E-state index in [4.69, 9.17) is 4.74 Å². The van der Waals surface area contributed by atoms with Crippen molar-refractivity contribution in [2.24, 2.45) is 5.92 Å². The largest absolute Gasteiger partial charge is 0.392 e. The summed E-state index contributed by atoms with van der Waals surface area (Å²) in [6, 6.07) is 0. The molecule has 0 saturated heterocycles. The summed E-state index contributed by atoms with van der Waals surface area (Å²) in [6.07, 6.45) is 1.80. The van der Waals surface area contributed by atoms with E-state index in [2.05, 4.69) is 19.2 Å². The molecule has 13 heavy (non-hydrogen) atoms. The Kier molecular flexibility index (Phi) is 8.40. The van der Waals surface area contributed by atoms with Crippen LogP contribution in [0, 0.1) is 5.92 Å². The maximum atomic E-state index is 9.55. The Bertz CT molecular complexity index is 109. The van der Waals surface area contributed by atoms with Gasteiger partial charge in [0.15, 0.2) is 0 Å². The zero-order valence-electron chi connectivity index (χ0n) is 9.05. The van der Waals surface area contributed by atoms with Crippen LogP contribution in [0.3, 0.4) is 0 Å². The van der Waals surface area contributed by atoms with Crippen molar-refractivity contribution in [3.63, 3.8) is 0 Å². The first-order valence-corrected chi connectivity index (χ1v) is 5.08. The molecule has 0 spiro atoms. The van der Waals surface area contributed by atoms with Crippen LogP contribution in [0.5, 0.6) is 0 Å². The summed E-state index contributed by atoms with van der Waals surface area (Å²) in [7, 11) is 1.68. The summed E-state index contributed by atoms with van der Waals surface area (Å²) in [5, 5.41) is 12.7. The smallest absolute Gasteiger partial charge is 0.0667 e. The van der Waals surface area contributed by atoms with Gasteiger partial charge < -0.3 is 15.2 Å². The van der Waals surface area contributed by atoms with Crippen molar-refractivity contribution in [1.29, 1.82) is 0 Å². The number of methoxy groups -OCH3 is 1. The van der Waals surface area contributed by atoms with E-state index in [-0.39, 0.29) is 6.10 Å². The normalized spacial score (nSPS) is 15.7. The van der Waals surface area contributed by atoms with Gasteiger partial charge in [0.1, 0.15) is 0 Å². The molecule has 2 atom stereocenters. The molecule has 2 N–H and O–H groups in total. The highest BCUT2D eigenvalue weighted by Crippen LogP contribution is 2.08. The molecule has 0 aromatic rings. The maximum Gasteiger partial charge on any atom is 0.0667 e. The molecule has 3 nitrogen and oxygen atoms in total. The Hall–Kier alpha value is -0.120. The van der Waals surface area contributed by atoms with Crippen molar-refractivity contribution in [1.82, 2.24) is 5.32 Å². The van der Waals surface area contributed by atoms with Crippen LogP contribution in [0.15, 0.2) is 0 Å². The van der Waals surface area contributed by atoms with Gasteiger partial charge in [0.2, 0.25) is 0 Å². The molecule has 0 fully saturated rings. The molecule has 80 valence electrons. The first-order chi connectivity index (χ1) is 6.20. The molecule has 0 aliphatic heterocycles. The fourth-order valence-corrected chi connectivity index (χ4v) is 1.16. The second-order valence-electron chi connectivity index (χ2n) is 3.60. The average Bonchev–Trinajstić information content (AvgIpc) is 2.12. The fraction of sp³-hybridized carbons (Fsp3) is 1.00. The fourth-order valence-electron chi connectivity index (χ4n) is 1.16. The predicted octanol–water partition coefficient (Wildman–Crippen LogP) is 1.02. The third kappa shape index (κ3) is 8.22. The molecular formula is C10H23NO2. The molecule has 0 aliphatic rings. The molecule has 0 amide bonds. The van der Waals surface area contributed by atoms with Gasteiger partial charge in [0.05, 0.1) is 12.7 Å². The molecule has 0 heterocycles. The Morgan fingerprint density at radius 2 is 2.15 bits per heavy atom. The van der Waals surface area contributed by atoms with E-state index >= 15 is 0 Å². The molecule has 0 saturated carbocycles. The summed E-state index contributed by atoms with van der Waals surface area (Å²) in [5.41, 5.74) is 0.